The van der Waals surface area contributed by atoms with Crippen molar-refractivity contribution >= 4 is 0 Å². The van der Waals surface area contributed by atoms with Crippen molar-refractivity contribution in [1.82, 2.24) is 0 Å². The maximum atomic E-state index is 11.1. The minimum absolute atomic E-state index is 0.0218. The van der Waals surface area contributed by atoms with E-state index in [0.717, 1.165) is 38.9 Å². The molecule has 0 amide bonds. The maximum Gasteiger partial charge on any atom is 0.0824 e. The van der Waals surface area contributed by atoms with Gasteiger partial charge in [-0.1, -0.05) is 68.4 Å². The molecule has 0 saturated heterocycles. The second-order valence-electron chi connectivity index (χ2n) is 7.62. The topological polar surface area (TPSA) is 60.7 Å². The molecule has 146 valence electrons. The largest absolute Gasteiger partial charge is 0.392 e. The van der Waals surface area contributed by atoms with Gasteiger partial charge in [0.2, 0.25) is 0 Å². The Labute approximate surface area is 166 Å². The predicted molar refractivity (Wildman–Crippen MR) is 114 cm³/mol. The summed E-state index contributed by atoms with van der Waals surface area (Å²) in [4.78, 5) is 0. The van der Waals surface area contributed by atoms with Crippen LogP contribution in [0.4, 0.5) is 0 Å². The number of hydrogen-bond acceptors (Lipinski definition) is 3. The third-order valence-corrected chi connectivity index (χ3v) is 5.13. The van der Waals surface area contributed by atoms with E-state index in [4.69, 9.17) is 0 Å². The summed E-state index contributed by atoms with van der Waals surface area (Å²) < 4.78 is 0. The Bertz CT molecular complexity index is 944. The first-order valence-electron chi connectivity index (χ1n) is 9.72. The van der Waals surface area contributed by atoms with Crippen LogP contribution in [0.5, 0.6) is 0 Å². The minimum atomic E-state index is -0.640. The zero-order chi connectivity index (χ0) is 20.3. The molecule has 0 aliphatic carbocycles. The van der Waals surface area contributed by atoms with Crippen LogP contribution in [-0.2, 0) is 6.61 Å². The summed E-state index contributed by atoms with van der Waals surface area (Å²) in [6.07, 6.45) is -1.19. The second kappa shape index (κ2) is 8.70. The predicted octanol–water partition coefficient (Wildman–Crippen LogP) is 5.26. The van der Waals surface area contributed by atoms with Gasteiger partial charge in [0.25, 0.3) is 0 Å². The Morgan fingerprint density at radius 3 is 1.89 bits per heavy atom. The SMILES string of the molecule is CC(O)c1cccc(-c2cccc(-c3cccc(CO)c3)c2C(O)C(C)C)c1. The Balaban J connectivity index is 2.25. The fraction of sp³-hybridized carbons (Fsp3) is 0.280. The van der Waals surface area contributed by atoms with Gasteiger partial charge in [-0.15, -0.1) is 0 Å². The number of benzene rings is 3. The number of aliphatic hydroxyl groups excluding tert-OH is 3. The zero-order valence-corrected chi connectivity index (χ0v) is 16.6. The minimum Gasteiger partial charge on any atom is -0.392 e. The molecule has 0 heterocycles. The maximum absolute atomic E-state index is 11.1. The van der Waals surface area contributed by atoms with Crippen LogP contribution in [0.15, 0.2) is 66.7 Å². The van der Waals surface area contributed by atoms with E-state index in [1.165, 1.54) is 0 Å². The molecule has 3 rings (SSSR count). The molecule has 0 fully saturated rings. The van der Waals surface area contributed by atoms with Gasteiger partial charge in [-0.3, -0.25) is 0 Å². The van der Waals surface area contributed by atoms with Crippen molar-refractivity contribution in [2.24, 2.45) is 5.92 Å². The first-order valence-corrected chi connectivity index (χ1v) is 9.72. The smallest absolute Gasteiger partial charge is 0.0824 e. The molecule has 0 aliphatic rings. The van der Waals surface area contributed by atoms with Crippen molar-refractivity contribution in [2.45, 2.75) is 39.6 Å². The lowest BCUT2D eigenvalue weighted by Crippen LogP contribution is -2.09. The third kappa shape index (κ3) is 4.17. The number of hydrogen-bond donors (Lipinski definition) is 3. The van der Waals surface area contributed by atoms with Gasteiger partial charge in [0.05, 0.1) is 18.8 Å². The van der Waals surface area contributed by atoms with Gasteiger partial charge in [0, 0.05) is 0 Å². The summed E-state index contributed by atoms with van der Waals surface area (Å²) in [5.41, 5.74) is 6.39. The van der Waals surface area contributed by atoms with E-state index in [-0.39, 0.29) is 12.5 Å². The average molecular weight is 376 g/mol. The van der Waals surface area contributed by atoms with Gasteiger partial charge in [-0.25, -0.2) is 0 Å². The van der Waals surface area contributed by atoms with Crippen LogP contribution in [0.3, 0.4) is 0 Å². The van der Waals surface area contributed by atoms with Gasteiger partial charge in [-0.2, -0.15) is 0 Å². The lowest BCUT2D eigenvalue weighted by atomic mass is 9.84. The third-order valence-electron chi connectivity index (χ3n) is 5.13. The van der Waals surface area contributed by atoms with E-state index < -0.39 is 12.2 Å². The molecule has 28 heavy (non-hydrogen) atoms. The van der Waals surface area contributed by atoms with Crippen LogP contribution in [0.1, 0.15) is 49.7 Å². The molecule has 3 aromatic rings. The van der Waals surface area contributed by atoms with E-state index in [2.05, 4.69) is 0 Å². The van der Waals surface area contributed by atoms with Crippen LogP contribution in [0, 0.1) is 5.92 Å². The molecule has 3 nitrogen and oxygen atoms in total. The van der Waals surface area contributed by atoms with Crippen molar-refractivity contribution in [3.05, 3.63) is 83.4 Å². The van der Waals surface area contributed by atoms with E-state index >= 15 is 0 Å². The molecule has 0 bridgehead atoms. The zero-order valence-electron chi connectivity index (χ0n) is 16.6. The molecular formula is C25H28O3. The fourth-order valence-electron chi connectivity index (χ4n) is 3.52. The Kier molecular flexibility index (Phi) is 6.30. The van der Waals surface area contributed by atoms with Crippen molar-refractivity contribution < 1.29 is 15.3 Å². The van der Waals surface area contributed by atoms with Gasteiger partial charge in [0.15, 0.2) is 0 Å². The van der Waals surface area contributed by atoms with Crippen molar-refractivity contribution in [3.8, 4) is 22.3 Å². The highest BCUT2D eigenvalue weighted by Gasteiger charge is 2.22. The highest BCUT2D eigenvalue weighted by atomic mass is 16.3. The molecular weight excluding hydrogens is 348 g/mol. The van der Waals surface area contributed by atoms with E-state index in [9.17, 15) is 15.3 Å². The Morgan fingerprint density at radius 1 is 0.750 bits per heavy atom. The molecule has 0 spiro atoms. The first-order chi connectivity index (χ1) is 13.4. The van der Waals surface area contributed by atoms with Crippen LogP contribution in [0.2, 0.25) is 0 Å². The summed E-state index contributed by atoms with van der Waals surface area (Å²) in [6.45, 7) is 5.73. The molecule has 3 heteroatoms. The molecule has 0 radical (unpaired) electrons. The first kappa shape index (κ1) is 20.3. The normalized spacial score (nSPS) is 13.5. The summed E-state index contributed by atoms with van der Waals surface area (Å²) in [6, 6.07) is 21.6. The highest BCUT2D eigenvalue weighted by Crippen LogP contribution is 2.39. The van der Waals surface area contributed by atoms with Crippen LogP contribution < -0.4 is 0 Å². The molecule has 3 aromatic carbocycles. The molecule has 0 saturated carbocycles. The quantitative estimate of drug-likeness (QED) is 0.550. The molecule has 3 N–H and O–H groups in total. The van der Waals surface area contributed by atoms with Crippen LogP contribution >= 0.6 is 0 Å². The fourth-order valence-corrected chi connectivity index (χ4v) is 3.52. The van der Waals surface area contributed by atoms with E-state index in [1.807, 2.05) is 80.6 Å². The highest BCUT2D eigenvalue weighted by molar-refractivity contribution is 5.79. The van der Waals surface area contributed by atoms with Crippen LogP contribution in [0.25, 0.3) is 22.3 Å². The summed E-state index contributed by atoms with van der Waals surface area (Å²) in [5, 5.41) is 30.6. The molecule has 0 aliphatic heterocycles. The van der Waals surface area contributed by atoms with E-state index in [0.29, 0.717) is 0 Å². The molecule has 0 aromatic heterocycles. The molecule has 2 atom stereocenters. The standard InChI is InChI=1S/C25H28O3/c1-16(2)25(28)24-22(20-9-4-7-18(13-20)15-26)11-6-12-23(24)21-10-5-8-19(14-21)17(3)27/h4-14,16-17,25-28H,15H2,1-3H3. The van der Waals surface area contributed by atoms with E-state index in [1.54, 1.807) is 6.92 Å². The van der Waals surface area contributed by atoms with Gasteiger partial charge >= 0.3 is 0 Å². The summed E-state index contributed by atoms with van der Waals surface area (Å²) >= 11 is 0. The Hall–Kier alpha value is -2.46. The van der Waals surface area contributed by atoms with Crippen molar-refractivity contribution in [1.29, 1.82) is 0 Å². The lowest BCUT2D eigenvalue weighted by molar-refractivity contribution is 0.128. The summed E-state index contributed by atoms with van der Waals surface area (Å²) in [7, 11) is 0. The summed E-state index contributed by atoms with van der Waals surface area (Å²) in [5.74, 6) is 0.0425. The van der Waals surface area contributed by atoms with Crippen LogP contribution in [-0.4, -0.2) is 15.3 Å². The Morgan fingerprint density at radius 2 is 1.32 bits per heavy atom. The van der Waals surface area contributed by atoms with Gasteiger partial charge in [-0.05, 0) is 63.9 Å². The average Bonchev–Trinajstić information content (AvgIpc) is 2.72. The lowest BCUT2D eigenvalue weighted by Gasteiger charge is -2.23. The second-order valence-corrected chi connectivity index (χ2v) is 7.62. The molecule has 2 unspecified atom stereocenters. The monoisotopic (exact) mass is 376 g/mol. The number of aliphatic hydroxyl groups is 3. The number of rotatable bonds is 6. The van der Waals surface area contributed by atoms with Gasteiger partial charge < -0.3 is 15.3 Å². The van der Waals surface area contributed by atoms with Crippen molar-refractivity contribution in [3.63, 3.8) is 0 Å². The van der Waals surface area contributed by atoms with Crippen molar-refractivity contribution in [2.75, 3.05) is 0 Å². The van der Waals surface area contributed by atoms with Gasteiger partial charge in [0.1, 0.15) is 0 Å².